The second kappa shape index (κ2) is 8.09. The number of piperidine rings is 1. The minimum Gasteiger partial charge on any atom is -0.369 e. The quantitative estimate of drug-likeness (QED) is 0.750. The number of nitriles is 1. The highest BCUT2D eigenvalue weighted by atomic mass is 16.5. The first-order chi connectivity index (χ1) is 13.7. The summed E-state index contributed by atoms with van der Waals surface area (Å²) in [6.45, 7) is 2.60. The van der Waals surface area contributed by atoms with Gasteiger partial charge in [0.1, 0.15) is 0 Å². The van der Waals surface area contributed by atoms with Crippen molar-refractivity contribution in [3.63, 3.8) is 0 Å². The molecular formula is C22H24N4O2. The average molecular weight is 376 g/mol. The molecule has 0 aliphatic carbocycles. The van der Waals surface area contributed by atoms with Gasteiger partial charge in [-0.25, -0.2) is 0 Å². The zero-order chi connectivity index (χ0) is 19.5. The lowest BCUT2D eigenvalue weighted by molar-refractivity contribution is -0.178. The molecule has 1 amide bonds. The Bertz CT molecular complexity index is 872. The molecule has 2 saturated heterocycles. The van der Waals surface area contributed by atoms with Gasteiger partial charge in [0.05, 0.1) is 17.7 Å². The molecule has 0 unspecified atom stereocenters. The lowest BCUT2D eigenvalue weighted by Gasteiger charge is -2.52. The lowest BCUT2D eigenvalue weighted by atomic mass is 9.86. The molecule has 6 nitrogen and oxygen atoms in total. The minimum atomic E-state index is -0.400. The molecule has 2 aromatic rings. The monoisotopic (exact) mass is 376 g/mol. The zero-order valence-electron chi connectivity index (χ0n) is 16.0. The second-order valence-electron chi connectivity index (χ2n) is 7.40. The number of likely N-dealkylation sites (tertiary alicyclic amines) is 2. The van der Waals surface area contributed by atoms with Crippen molar-refractivity contribution in [3.8, 4) is 6.07 Å². The molecule has 144 valence electrons. The van der Waals surface area contributed by atoms with E-state index in [4.69, 9.17) is 4.74 Å². The van der Waals surface area contributed by atoms with Crippen molar-refractivity contribution in [2.75, 3.05) is 20.2 Å². The van der Waals surface area contributed by atoms with Gasteiger partial charge in [0.15, 0.2) is 6.10 Å². The molecule has 2 aliphatic heterocycles. The third-order valence-electron chi connectivity index (χ3n) is 5.87. The summed E-state index contributed by atoms with van der Waals surface area (Å²) in [6, 6.07) is 14.2. The lowest BCUT2D eigenvalue weighted by Crippen LogP contribution is -2.64. The first kappa shape index (κ1) is 18.6. The van der Waals surface area contributed by atoms with Gasteiger partial charge in [-0.05, 0) is 42.2 Å². The highest BCUT2D eigenvalue weighted by Crippen LogP contribution is 2.40. The van der Waals surface area contributed by atoms with Crippen LogP contribution >= 0.6 is 0 Å². The third kappa shape index (κ3) is 3.39. The number of ether oxygens (including phenoxy) is 1. The van der Waals surface area contributed by atoms with Crippen molar-refractivity contribution in [1.29, 1.82) is 5.26 Å². The Morgan fingerprint density at radius 3 is 2.57 bits per heavy atom. The molecule has 2 aliphatic rings. The summed E-state index contributed by atoms with van der Waals surface area (Å²) in [5, 5.41) is 9.29. The molecule has 0 radical (unpaired) electrons. The van der Waals surface area contributed by atoms with Crippen LogP contribution in [0.25, 0.3) is 0 Å². The van der Waals surface area contributed by atoms with Crippen molar-refractivity contribution in [2.24, 2.45) is 0 Å². The van der Waals surface area contributed by atoms with Gasteiger partial charge in [0, 0.05) is 45.2 Å². The van der Waals surface area contributed by atoms with Gasteiger partial charge in [-0.1, -0.05) is 18.2 Å². The van der Waals surface area contributed by atoms with E-state index in [1.54, 1.807) is 19.5 Å². The number of carbonyl (C=O) groups excluding carboxylic acids is 1. The van der Waals surface area contributed by atoms with Gasteiger partial charge in [-0.2, -0.15) is 5.26 Å². The fraction of sp³-hybridized carbons (Fsp3) is 0.409. The van der Waals surface area contributed by atoms with Gasteiger partial charge in [-0.3, -0.25) is 14.7 Å². The number of hydrogen-bond donors (Lipinski definition) is 0. The number of aromatic nitrogens is 1. The number of pyridine rings is 1. The smallest absolute Gasteiger partial charge is 0.255 e. The van der Waals surface area contributed by atoms with Crippen molar-refractivity contribution in [3.05, 3.63) is 65.5 Å². The molecule has 2 fully saturated rings. The van der Waals surface area contributed by atoms with E-state index in [-0.39, 0.29) is 18.0 Å². The van der Waals surface area contributed by atoms with E-state index in [1.807, 2.05) is 41.3 Å². The second-order valence-corrected chi connectivity index (χ2v) is 7.40. The van der Waals surface area contributed by atoms with Crippen LogP contribution in [0, 0.1) is 11.3 Å². The van der Waals surface area contributed by atoms with Crippen molar-refractivity contribution >= 4 is 5.91 Å². The van der Waals surface area contributed by atoms with Gasteiger partial charge in [0.2, 0.25) is 0 Å². The van der Waals surface area contributed by atoms with Crippen LogP contribution in [-0.4, -0.2) is 53.0 Å². The summed E-state index contributed by atoms with van der Waals surface area (Å²) in [5.74, 6) is 0.0811. The maximum atomic E-state index is 12.7. The van der Waals surface area contributed by atoms with Crippen LogP contribution in [0.15, 0.2) is 48.8 Å². The number of methoxy groups -OCH3 is 1. The van der Waals surface area contributed by atoms with E-state index in [0.29, 0.717) is 0 Å². The highest BCUT2D eigenvalue weighted by Gasteiger charge is 2.51. The summed E-state index contributed by atoms with van der Waals surface area (Å²) >= 11 is 0. The highest BCUT2D eigenvalue weighted by molar-refractivity contribution is 5.89. The topological polar surface area (TPSA) is 69.5 Å². The van der Waals surface area contributed by atoms with E-state index >= 15 is 0 Å². The summed E-state index contributed by atoms with van der Waals surface area (Å²) in [4.78, 5) is 21.1. The molecule has 28 heavy (non-hydrogen) atoms. The Morgan fingerprint density at radius 1 is 1.18 bits per heavy atom. The van der Waals surface area contributed by atoms with Crippen LogP contribution in [0.5, 0.6) is 0 Å². The molecular weight excluding hydrogens is 352 g/mol. The van der Waals surface area contributed by atoms with Gasteiger partial charge < -0.3 is 9.64 Å². The van der Waals surface area contributed by atoms with Crippen LogP contribution in [0.2, 0.25) is 0 Å². The van der Waals surface area contributed by atoms with Crippen LogP contribution < -0.4 is 0 Å². The van der Waals surface area contributed by atoms with Crippen LogP contribution in [0.4, 0.5) is 0 Å². The predicted molar refractivity (Wildman–Crippen MR) is 104 cm³/mol. The normalized spacial score (nSPS) is 23.3. The first-order valence-electron chi connectivity index (χ1n) is 9.68. The number of amides is 1. The predicted octanol–water partition coefficient (Wildman–Crippen LogP) is 2.52. The van der Waals surface area contributed by atoms with Crippen molar-refractivity contribution in [2.45, 2.75) is 37.6 Å². The van der Waals surface area contributed by atoms with Crippen LogP contribution in [0.3, 0.4) is 0 Å². The maximum absolute atomic E-state index is 12.7. The molecule has 4 rings (SSSR count). The summed E-state index contributed by atoms with van der Waals surface area (Å²) in [6.07, 6.45) is 4.98. The maximum Gasteiger partial charge on any atom is 0.255 e. The first-order valence-corrected chi connectivity index (χ1v) is 9.68. The van der Waals surface area contributed by atoms with Gasteiger partial charge in [0.25, 0.3) is 5.91 Å². The third-order valence-corrected chi connectivity index (χ3v) is 5.87. The summed E-state index contributed by atoms with van der Waals surface area (Å²) in [5.41, 5.74) is 2.88. The standard InChI is InChI=1S/C22H24N4O2/c1-28-21-20(16-6-10-24-11-7-16)26(22(21)27)19-8-12-25(13-9-19)15-18-5-3-2-4-17(18)14-23/h2-7,10-11,19-21H,8-9,12-13,15H2,1H3/t20-,21+/m0/s1. The van der Waals surface area contributed by atoms with E-state index in [0.717, 1.165) is 49.2 Å². The van der Waals surface area contributed by atoms with E-state index in [2.05, 4.69) is 16.0 Å². The average Bonchev–Trinajstić information content (AvgIpc) is 2.74. The number of benzene rings is 1. The van der Waals surface area contributed by atoms with Crippen molar-refractivity contribution < 1.29 is 9.53 Å². The number of nitrogens with zero attached hydrogens (tertiary/aromatic N) is 4. The Labute approximate surface area is 165 Å². The van der Waals surface area contributed by atoms with Gasteiger partial charge in [-0.15, -0.1) is 0 Å². The largest absolute Gasteiger partial charge is 0.369 e. The van der Waals surface area contributed by atoms with Crippen molar-refractivity contribution in [1.82, 2.24) is 14.8 Å². The molecule has 0 bridgehead atoms. The molecule has 0 spiro atoms. The van der Waals surface area contributed by atoms with Crippen LogP contribution in [-0.2, 0) is 16.1 Å². The Morgan fingerprint density at radius 2 is 1.89 bits per heavy atom. The molecule has 3 heterocycles. The summed E-state index contributed by atoms with van der Waals surface area (Å²) in [7, 11) is 1.60. The Hall–Kier alpha value is -2.75. The van der Waals surface area contributed by atoms with E-state index in [1.165, 1.54) is 0 Å². The Kier molecular flexibility index (Phi) is 5.38. The SMILES string of the molecule is CO[C@H]1C(=O)N(C2CCN(Cc3ccccc3C#N)CC2)[C@H]1c1ccncc1. The molecule has 1 aromatic carbocycles. The minimum absolute atomic E-state index is 0.0311. The zero-order valence-corrected chi connectivity index (χ0v) is 16.0. The van der Waals surface area contributed by atoms with E-state index < -0.39 is 6.10 Å². The number of carbonyl (C=O) groups is 1. The number of rotatable bonds is 5. The molecule has 6 heteroatoms. The fourth-order valence-corrected chi connectivity index (χ4v) is 4.38. The van der Waals surface area contributed by atoms with Gasteiger partial charge >= 0.3 is 0 Å². The van der Waals surface area contributed by atoms with E-state index in [9.17, 15) is 10.1 Å². The van der Waals surface area contributed by atoms with Crippen LogP contribution in [0.1, 0.15) is 35.6 Å². The molecule has 0 saturated carbocycles. The fourth-order valence-electron chi connectivity index (χ4n) is 4.38. The molecule has 1 aromatic heterocycles. The number of hydrogen-bond acceptors (Lipinski definition) is 5. The number of β-lactam (4-membered cyclic amide) rings is 1. The molecule has 2 atom stereocenters. The Balaban J connectivity index is 1.42. The summed E-state index contributed by atoms with van der Waals surface area (Å²) < 4.78 is 5.46. The molecule has 0 N–H and O–H groups in total.